The number of fused-ring (bicyclic) bond motifs is 1. The van der Waals surface area contributed by atoms with E-state index in [2.05, 4.69) is 25.9 Å². The smallest absolute Gasteiger partial charge is 0.251 e. The summed E-state index contributed by atoms with van der Waals surface area (Å²) in [6.07, 6.45) is 4.52. The molecule has 1 N–H and O–H groups in total. The van der Waals surface area contributed by atoms with Crippen LogP contribution in [-0.4, -0.2) is 35.9 Å². The summed E-state index contributed by atoms with van der Waals surface area (Å²) in [5, 5.41) is 18.7. The zero-order valence-corrected chi connectivity index (χ0v) is 14.2. The fourth-order valence-corrected chi connectivity index (χ4v) is 3.52. The first-order chi connectivity index (χ1) is 12.1. The van der Waals surface area contributed by atoms with Crippen LogP contribution in [-0.2, 0) is 13.5 Å². The van der Waals surface area contributed by atoms with Gasteiger partial charge < -0.3 is 5.32 Å². The van der Waals surface area contributed by atoms with Crippen molar-refractivity contribution in [3.63, 3.8) is 0 Å². The summed E-state index contributed by atoms with van der Waals surface area (Å²) in [6.45, 7) is 2.00. The highest BCUT2D eigenvalue weighted by molar-refractivity contribution is 5.94. The summed E-state index contributed by atoms with van der Waals surface area (Å²) < 4.78 is 3.48. The molecule has 2 aromatic heterocycles. The van der Waals surface area contributed by atoms with Crippen LogP contribution in [0.5, 0.6) is 0 Å². The number of nitrogens with zero attached hydrogens (tertiary/aromatic N) is 6. The van der Waals surface area contributed by atoms with Gasteiger partial charge in [-0.2, -0.15) is 5.10 Å². The molecule has 8 heteroatoms. The van der Waals surface area contributed by atoms with Gasteiger partial charge in [-0.05, 0) is 60.9 Å². The third-order valence-corrected chi connectivity index (χ3v) is 4.69. The minimum atomic E-state index is -0.0793. The molecule has 0 saturated heterocycles. The van der Waals surface area contributed by atoms with Crippen molar-refractivity contribution in [1.82, 2.24) is 35.3 Å². The van der Waals surface area contributed by atoms with Crippen LogP contribution in [0.15, 0.2) is 30.6 Å². The number of aryl methyl sites for hydroxylation is 2. The number of tetrazole rings is 1. The van der Waals surface area contributed by atoms with Gasteiger partial charge in [0.1, 0.15) is 6.33 Å². The number of hydrogen-bond acceptors (Lipinski definition) is 5. The molecule has 1 aliphatic rings. The molecule has 1 aliphatic carbocycles. The molecule has 1 aromatic carbocycles. The predicted molar refractivity (Wildman–Crippen MR) is 90.2 cm³/mol. The van der Waals surface area contributed by atoms with E-state index in [4.69, 9.17) is 0 Å². The second-order valence-corrected chi connectivity index (χ2v) is 6.29. The predicted octanol–water partition coefficient (Wildman–Crippen LogP) is 1.51. The maximum absolute atomic E-state index is 12.7. The zero-order chi connectivity index (χ0) is 17.4. The molecular formula is C17H19N7O. The van der Waals surface area contributed by atoms with E-state index >= 15 is 0 Å². The summed E-state index contributed by atoms with van der Waals surface area (Å²) in [5.74, 6) is -0.0793. The highest BCUT2D eigenvalue weighted by Crippen LogP contribution is 2.32. The standard InChI is InChI=1S/C17H19N7O/c1-11-16-14(4-3-5-15(16)23(2)20-11)19-17(25)12-6-8-13(9-7-12)24-10-18-21-22-24/h6-10,14H,3-5H2,1-2H3,(H,19,25). The first-order valence-electron chi connectivity index (χ1n) is 8.30. The minimum Gasteiger partial charge on any atom is -0.345 e. The summed E-state index contributed by atoms with van der Waals surface area (Å²) >= 11 is 0. The van der Waals surface area contributed by atoms with Crippen LogP contribution >= 0.6 is 0 Å². The molecule has 1 amide bonds. The zero-order valence-electron chi connectivity index (χ0n) is 14.2. The fraction of sp³-hybridized carbons (Fsp3) is 0.353. The van der Waals surface area contributed by atoms with Crippen LogP contribution in [0.4, 0.5) is 0 Å². The summed E-state index contributed by atoms with van der Waals surface area (Å²) in [4.78, 5) is 12.7. The van der Waals surface area contributed by atoms with Crippen LogP contribution in [0, 0.1) is 6.92 Å². The molecule has 8 nitrogen and oxygen atoms in total. The van der Waals surface area contributed by atoms with E-state index in [1.54, 1.807) is 16.8 Å². The summed E-state index contributed by atoms with van der Waals surface area (Å²) in [6, 6.07) is 7.24. The van der Waals surface area contributed by atoms with Crippen molar-refractivity contribution in [1.29, 1.82) is 0 Å². The Labute approximate surface area is 144 Å². The van der Waals surface area contributed by atoms with E-state index < -0.39 is 0 Å². The molecule has 3 aromatic rings. The van der Waals surface area contributed by atoms with Gasteiger partial charge in [0.2, 0.25) is 0 Å². The Bertz CT molecular complexity index is 896. The lowest BCUT2D eigenvalue weighted by atomic mass is 9.90. The van der Waals surface area contributed by atoms with Crippen molar-refractivity contribution >= 4 is 5.91 Å². The van der Waals surface area contributed by atoms with Crippen LogP contribution in [0.2, 0.25) is 0 Å². The first kappa shape index (κ1) is 15.5. The number of hydrogen-bond donors (Lipinski definition) is 1. The average molecular weight is 337 g/mol. The number of nitrogens with one attached hydrogen (secondary N) is 1. The van der Waals surface area contributed by atoms with Crippen LogP contribution in [0.1, 0.15) is 46.2 Å². The van der Waals surface area contributed by atoms with Crippen molar-refractivity contribution in [3.05, 3.63) is 53.1 Å². The number of aromatic nitrogens is 6. The Morgan fingerprint density at radius 2 is 2.08 bits per heavy atom. The largest absolute Gasteiger partial charge is 0.345 e. The molecule has 0 bridgehead atoms. The molecule has 0 saturated carbocycles. The van der Waals surface area contributed by atoms with Gasteiger partial charge in [-0.15, -0.1) is 5.10 Å². The topological polar surface area (TPSA) is 90.5 Å². The number of amides is 1. The van der Waals surface area contributed by atoms with Crippen LogP contribution in [0.25, 0.3) is 5.69 Å². The third-order valence-electron chi connectivity index (χ3n) is 4.69. The van der Waals surface area contributed by atoms with Crippen molar-refractivity contribution in [2.75, 3.05) is 0 Å². The Morgan fingerprint density at radius 3 is 2.80 bits per heavy atom. The number of rotatable bonds is 3. The van der Waals surface area contributed by atoms with Crippen molar-refractivity contribution in [2.45, 2.75) is 32.2 Å². The van der Waals surface area contributed by atoms with Crippen LogP contribution in [0.3, 0.4) is 0 Å². The van der Waals surface area contributed by atoms with Gasteiger partial charge in [-0.1, -0.05) is 0 Å². The molecule has 4 rings (SSSR count). The monoisotopic (exact) mass is 337 g/mol. The lowest BCUT2D eigenvalue weighted by molar-refractivity contribution is 0.0932. The quantitative estimate of drug-likeness (QED) is 0.782. The SMILES string of the molecule is Cc1nn(C)c2c1C(NC(=O)c1ccc(-n3cnnn3)cc1)CCC2. The maximum atomic E-state index is 12.7. The molecule has 1 atom stereocenters. The van der Waals surface area contributed by atoms with Crippen molar-refractivity contribution in [2.24, 2.45) is 7.05 Å². The molecule has 0 radical (unpaired) electrons. The highest BCUT2D eigenvalue weighted by atomic mass is 16.1. The molecule has 1 unspecified atom stereocenters. The van der Waals surface area contributed by atoms with E-state index in [-0.39, 0.29) is 11.9 Å². The second-order valence-electron chi connectivity index (χ2n) is 6.29. The van der Waals surface area contributed by atoms with Crippen LogP contribution < -0.4 is 5.32 Å². The Kier molecular flexibility index (Phi) is 3.79. The van der Waals surface area contributed by atoms with Gasteiger partial charge in [0, 0.05) is 23.9 Å². The minimum absolute atomic E-state index is 0.0177. The molecule has 25 heavy (non-hydrogen) atoms. The van der Waals surface area contributed by atoms with Gasteiger partial charge in [-0.25, -0.2) is 4.68 Å². The molecule has 0 aliphatic heterocycles. The van der Waals surface area contributed by atoms with Gasteiger partial charge in [0.25, 0.3) is 5.91 Å². The second kappa shape index (κ2) is 6.12. The molecule has 0 spiro atoms. The molecule has 0 fully saturated rings. The normalized spacial score (nSPS) is 16.5. The molecule has 2 heterocycles. The summed E-state index contributed by atoms with van der Waals surface area (Å²) in [7, 11) is 1.97. The van der Waals surface area contributed by atoms with E-state index in [0.29, 0.717) is 5.56 Å². The lowest BCUT2D eigenvalue weighted by Gasteiger charge is -2.24. The van der Waals surface area contributed by atoms with Gasteiger partial charge in [0.15, 0.2) is 0 Å². The average Bonchev–Trinajstić information content (AvgIpc) is 3.25. The van der Waals surface area contributed by atoms with E-state index in [9.17, 15) is 4.79 Å². The van der Waals surface area contributed by atoms with Crippen molar-refractivity contribution in [3.8, 4) is 5.69 Å². The van der Waals surface area contributed by atoms with E-state index in [0.717, 1.165) is 30.6 Å². The maximum Gasteiger partial charge on any atom is 0.251 e. The Hall–Kier alpha value is -3.03. The van der Waals surface area contributed by atoms with E-state index in [1.165, 1.54) is 17.6 Å². The fourth-order valence-electron chi connectivity index (χ4n) is 3.52. The number of benzene rings is 1. The number of carbonyl (C=O) groups excluding carboxylic acids is 1. The third kappa shape index (κ3) is 2.79. The highest BCUT2D eigenvalue weighted by Gasteiger charge is 2.27. The Morgan fingerprint density at radius 1 is 1.28 bits per heavy atom. The van der Waals surface area contributed by atoms with Gasteiger partial charge in [0.05, 0.1) is 17.4 Å². The lowest BCUT2D eigenvalue weighted by Crippen LogP contribution is -2.31. The Balaban J connectivity index is 1.53. The molecule has 128 valence electrons. The van der Waals surface area contributed by atoms with Crippen molar-refractivity contribution < 1.29 is 4.79 Å². The molecular weight excluding hydrogens is 318 g/mol. The first-order valence-corrected chi connectivity index (χ1v) is 8.30. The van der Waals surface area contributed by atoms with Gasteiger partial charge >= 0.3 is 0 Å². The number of carbonyl (C=O) groups is 1. The summed E-state index contributed by atoms with van der Waals surface area (Å²) in [5.41, 5.74) is 4.82. The van der Waals surface area contributed by atoms with Gasteiger partial charge in [-0.3, -0.25) is 9.48 Å². The van der Waals surface area contributed by atoms with E-state index in [1.807, 2.05) is 30.8 Å².